The van der Waals surface area contributed by atoms with Crippen LogP contribution in [0.4, 0.5) is 20.1 Å². The number of carboxylic acid groups (broad SMARTS) is 1. The molecule has 0 radical (unpaired) electrons. The number of alkyl carbamates (subject to hydrolysis) is 2. The summed E-state index contributed by atoms with van der Waals surface area (Å²) >= 11 is 0. The van der Waals surface area contributed by atoms with Gasteiger partial charge in [-0.15, -0.1) is 5.10 Å². The van der Waals surface area contributed by atoms with Crippen LogP contribution in [0.3, 0.4) is 0 Å². The Morgan fingerprint density at radius 1 is 0.727 bits per heavy atom. The molecule has 0 spiro atoms. The van der Waals surface area contributed by atoms with Gasteiger partial charge in [0.2, 0.25) is 29.5 Å². The minimum absolute atomic E-state index is 0.0504. The van der Waals surface area contributed by atoms with Gasteiger partial charge in [0, 0.05) is 52.3 Å². The fourth-order valence-electron chi connectivity index (χ4n) is 9.91. The van der Waals surface area contributed by atoms with Gasteiger partial charge in [0.15, 0.2) is 0 Å². The van der Waals surface area contributed by atoms with Crippen LogP contribution in [0.5, 0.6) is 0 Å². The van der Waals surface area contributed by atoms with Gasteiger partial charge in [-0.3, -0.25) is 33.4 Å². The van der Waals surface area contributed by atoms with Gasteiger partial charge < -0.3 is 91.9 Å². The summed E-state index contributed by atoms with van der Waals surface area (Å²) in [7, 11) is 3.39. The lowest BCUT2D eigenvalue weighted by Crippen LogP contribution is -2.64. The van der Waals surface area contributed by atoms with Crippen LogP contribution in [0.15, 0.2) is 24.3 Å². The number of aliphatic carboxylic acids is 1. The Morgan fingerprint density at radius 2 is 1.38 bits per heavy atom. The summed E-state index contributed by atoms with van der Waals surface area (Å²) in [5.41, 5.74) is 6.71. The van der Waals surface area contributed by atoms with Gasteiger partial charge in [-0.05, 0) is 106 Å². The van der Waals surface area contributed by atoms with Gasteiger partial charge >= 0.3 is 24.2 Å². The lowest BCUT2D eigenvalue weighted by atomic mass is 9.86. The van der Waals surface area contributed by atoms with Crippen LogP contribution in [0, 0.1) is 29.6 Å². The summed E-state index contributed by atoms with van der Waals surface area (Å²) in [4.78, 5) is 127. The molecule has 30 heteroatoms. The topological polar surface area (TPSA) is 411 Å². The molecule has 4 unspecified atom stereocenters. The zero-order valence-corrected chi connectivity index (χ0v) is 51.7. The molecule has 30 nitrogen and oxygen atoms in total. The molecule has 4 rings (SSSR count). The number of anilines is 1. The molecule has 1 aromatic heterocycles. The third-order valence-corrected chi connectivity index (χ3v) is 15.2. The Kier molecular flexibility index (Phi) is 32.1. The largest absolute Gasteiger partial charge is 0.481 e. The molecule has 8 atom stereocenters. The Morgan fingerprint density at radius 3 is 1.99 bits per heavy atom. The molecule has 492 valence electrons. The van der Waals surface area contributed by atoms with E-state index in [4.69, 9.17) is 34.2 Å². The van der Waals surface area contributed by atoms with Crippen LogP contribution in [0.2, 0.25) is 0 Å². The third kappa shape index (κ3) is 26.4. The standard InChI is InChI=1S/C58H93N13O17/c1-36(2)31-47(52(77)60-6)67-51(76)38(5)64-57(82)87-32-39-10-12-40(13-11-39)65-53(78)45(9-8-21-61-55(59)80)63-34-58(35-72,37(3)4)68-54(79)46(17-19-50(74)75)66-49(73)20-23-83-25-27-85-29-30-86-28-26-84-24-22-62-56(81)88-33-43-41-14-16-44-48(18-15-42(41)43)71(7)70-69-44/h10-13,35-38,41-43,45-47,63H,8-9,14-34H2,1-7H3,(H,60,77)(H,62,81)(H,64,82)(H,65,78)(H,66,73)(H,67,76)(H,68,79)(H,74,75)(H3,59,61,80)/t38-,41?,42?,43?,45-,46+,47-,58?/m0/s1. The number of ether oxygens (including phenoxy) is 6. The van der Waals surface area contributed by atoms with Crippen LogP contribution in [0.25, 0.3) is 0 Å². The molecule has 2 aliphatic rings. The number of likely N-dealkylation sites (N-methyl/N-ethyl adjacent to an activating group) is 1. The zero-order valence-electron chi connectivity index (χ0n) is 51.7. The molecule has 1 saturated carbocycles. The summed E-state index contributed by atoms with van der Waals surface area (Å²) in [6, 6.07) is 1.33. The van der Waals surface area contributed by atoms with Crippen molar-refractivity contribution in [2.24, 2.45) is 42.4 Å². The van der Waals surface area contributed by atoms with E-state index in [0.717, 1.165) is 31.4 Å². The molecule has 2 aliphatic carbocycles. The van der Waals surface area contributed by atoms with Gasteiger partial charge in [-0.2, -0.15) is 0 Å². The number of carboxylic acids is 1. The van der Waals surface area contributed by atoms with Crippen molar-refractivity contribution >= 4 is 65.7 Å². The number of hydrogen-bond acceptors (Lipinski definition) is 19. The Hall–Kier alpha value is -7.54. The summed E-state index contributed by atoms with van der Waals surface area (Å²) in [6.45, 7) is 10.7. The first kappa shape index (κ1) is 72.9. The van der Waals surface area contributed by atoms with E-state index in [1.165, 1.54) is 19.7 Å². The van der Waals surface area contributed by atoms with Crippen LogP contribution < -0.4 is 53.6 Å². The van der Waals surface area contributed by atoms with Crippen molar-refractivity contribution in [1.82, 2.24) is 57.5 Å². The smallest absolute Gasteiger partial charge is 0.408 e. The number of nitrogens with two attached hydrogens (primary N) is 1. The monoisotopic (exact) mass is 1240 g/mol. The van der Waals surface area contributed by atoms with Crippen molar-refractivity contribution in [3.8, 4) is 0 Å². The molecule has 1 heterocycles. The van der Waals surface area contributed by atoms with E-state index in [1.807, 2.05) is 25.6 Å². The number of carbonyl (C=O) groups is 10. The molecule has 2 aromatic rings. The number of benzene rings is 1. The van der Waals surface area contributed by atoms with Gasteiger partial charge in [0.25, 0.3) is 0 Å². The maximum atomic E-state index is 13.9. The minimum Gasteiger partial charge on any atom is -0.481 e. The van der Waals surface area contributed by atoms with Crippen molar-refractivity contribution in [1.29, 1.82) is 0 Å². The van der Waals surface area contributed by atoms with E-state index < -0.39 is 89.9 Å². The van der Waals surface area contributed by atoms with E-state index in [2.05, 4.69) is 58.2 Å². The van der Waals surface area contributed by atoms with Crippen LogP contribution in [-0.4, -0.2) is 196 Å². The number of nitrogens with one attached hydrogen (secondary N) is 9. The molecular formula is C58H93N13O17. The number of fused-ring (bicyclic) bond motifs is 2. The lowest BCUT2D eigenvalue weighted by Gasteiger charge is -2.36. The molecular weight excluding hydrogens is 1150 g/mol. The minimum atomic E-state index is -1.68. The Labute approximate surface area is 513 Å². The summed E-state index contributed by atoms with van der Waals surface area (Å²) in [5, 5.41) is 41.8. The van der Waals surface area contributed by atoms with Crippen molar-refractivity contribution < 1.29 is 81.5 Å². The Bertz CT molecular complexity index is 2570. The molecule has 88 heavy (non-hydrogen) atoms. The maximum Gasteiger partial charge on any atom is 0.408 e. The SMILES string of the molecule is CNC(=O)[C@H](CC(C)C)NC(=O)[C@H](C)NC(=O)OCc1ccc(NC(=O)[C@H](CCCNC(N)=O)NCC(C=O)(NC(=O)[C@@H](CCC(=O)O)NC(=O)CCOCCOCCOCCOCCNC(=O)OCC2C3CCc4nnn(C)c4CCC32)C(C)C)cc1. The molecule has 1 fully saturated rings. The number of aldehydes is 1. The molecule has 9 amide bonds. The quantitative estimate of drug-likeness (QED) is 0.0322. The van der Waals surface area contributed by atoms with Crippen LogP contribution >= 0.6 is 0 Å². The number of nitrogens with zero attached hydrogens (tertiary/aromatic N) is 3. The number of aromatic nitrogens is 3. The molecule has 0 bridgehead atoms. The first-order chi connectivity index (χ1) is 42.1. The van der Waals surface area contributed by atoms with Crippen LogP contribution in [0.1, 0.15) is 103 Å². The van der Waals surface area contributed by atoms with E-state index in [1.54, 1.807) is 38.1 Å². The number of amides is 9. The first-order valence-electron chi connectivity index (χ1n) is 30.1. The fraction of sp³-hybridized carbons (Fsp3) is 0.690. The molecule has 0 aliphatic heterocycles. The van der Waals surface area contributed by atoms with Gasteiger partial charge in [-0.1, -0.05) is 45.0 Å². The summed E-state index contributed by atoms with van der Waals surface area (Å²) in [5.74, 6) is -3.18. The number of rotatable bonds is 42. The fourth-order valence-corrected chi connectivity index (χ4v) is 9.91. The van der Waals surface area contributed by atoms with Gasteiger partial charge in [0.1, 0.15) is 36.6 Å². The van der Waals surface area contributed by atoms with Crippen LogP contribution in [-0.2, 0) is 88.5 Å². The molecule has 1 aromatic carbocycles. The molecule has 12 N–H and O–H groups in total. The van der Waals surface area contributed by atoms with Crippen molar-refractivity contribution in [3.63, 3.8) is 0 Å². The van der Waals surface area contributed by atoms with Gasteiger partial charge in [0.05, 0.1) is 76.9 Å². The number of carbonyl (C=O) groups excluding carboxylic acids is 9. The number of hydrogen-bond donors (Lipinski definition) is 11. The van der Waals surface area contributed by atoms with Crippen molar-refractivity contribution in [2.45, 2.75) is 135 Å². The second kappa shape index (κ2) is 38.7. The predicted octanol–water partition coefficient (Wildman–Crippen LogP) is 0.735. The average Bonchev–Trinajstić information content (AvgIpc) is 1.66. The Balaban J connectivity index is 1.14. The van der Waals surface area contributed by atoms with E-state index in [0.29, 0.717) is 81.3 Å². The zero-order chi connectivity index (χ0) is 64.6. The van der Waals surface area contributed by atoms with E-state index in [-0.39, 0.29) is 83.6 Å². The van der Waals surface area contributed by atoms with Gasteiger partial charge in [-0.25, -0.2) is 14.4 Å². The highest BCUT2D eigenvalue weighted by Crippen LogP contribution is 2.52. The van der Waals surface area contributed by atoms with Crippen molar-refractivity contribution in [2.75, 3.05) is 91.5 Å². The summed E-state index contributed by atoms with van der Waals surface area (Å²) < 4.78 is 34.8. The second-order valence-corrected chi connectivity index (χ2v) is 22.6. The number of urea groups is 1. The predicted molar refractivity (Wildman–Crippen MR) is 318 cm³/mol. The highest BCUT2D eigenvalue weighted by atomic mass is 16.6. The first-order valence-corrected chi connectivity index (χ1v) is 30.1. The average molecular weight is 1240 g/mol. The third-order valence-electron chi connectivity index (χ3n) is 15.2. The number of aryl methyl sites for hydroxylation is 2. The highest BCUT2D eigenvalue weighted by Gasteiger charge is 2.50. The highest BCUT2D eigenvalue weighted by molar-refractivity contribution is 5.95. The lowest BCUT2D eigenvalue weighted by molar-refractivity contribution is -0.138. The second-order valence-electron chi connectivity index (χ2n) is 22.6. The summed E-state index contributed by atoms with van der Waals surface area (Å²) in [6.07, 6.45) is 2.84. The van der Waals surface area contributed by atoms with E-state index in [9.17, 15) is 53.1 Å². The number of primary amides is 1. The normalized spacial score (nSPS) is 17.1. The molecule has 0 saturated heterocycles. The van der Waals surface area contributed by atoms with E-state index >= 15 is 0 Å². The maximum absolute atomic E-state index is 13.9. The van der Waals surface area contributed by atoms with Crippen molar-refractivity contribution in [3.05, 3.63) is 41.2 Å².